The van der Waals surface area contributed by atoms with Crippen molar-refractivity contribution in [2.24, 2.45) is 5.73 Å². The van der Waals surface area contributed by atoms with Gasteiger partial charge in [0.1, 0.15) is 18.2 Å². The molecule has 5 nitrogen and oxygen atoms in total. The Balaban J connectivity index is 2.27. The summed E-state index contributed by atoms with van der Waals surface area (Å²) in [5.41, 5.74) is 6.11. The molecule has 0 aromatic heterocycles. The van der Waals surface area contributed by atoms with E-state index in [0.717, 1.165) is 30.9 Å². The van der Waals surface area contributed by atoms with Crippen molar-refractivity contribution in [2.75, 3.05) is 47.4 Å². The summed E-state index contributed by atoms with van der Waals surface area (Å²) in [5.74, 6) is 0.890. The van der Waals surface area contributed by atoms with E-state index in [1.54, 1.807) is 12.1 Å². The van der Waals surface area contributed by atoms with E-state index in [1.165, 1.54) is 0 Å². The number of hydrogen-bond donors (Lipinski definition) is 2. The molecule has 0 saturated heterocycles. The van der Waals surface area contributed by atoms with Crippen molar-refractivity contribution in [3.63, 3.8) is 0 Å². The molecule has 0 aliphatic heterocycles. The smallest absolute Gasteiger partial charge is 0.122 e. The minimum atomic E-state index is 0.0787. The van der Waals surface area contributed by atoms with Crippen molar-refractivity contribution in [1.82, 2.24) is 9.80 Å². The van der Waals surface area contributed by atoms with Crippen LogP contribution < -0.4 is 10.5 Å². The molecule has 106 valence electrons. The van der Waals surface area contributed by atoms with Crippen LogP contribution in [0.1, 0.15) is 5.56 Å². The van der Waals surface area contributed by atoms with Crippen molar-refractivity contribution in [3.05, 3.63) is 29.8 Å². The molecule has 0 unspecified atom stereocenters. The van der Waals surface area contributed by atoms with Gasteiger partial charge >= 0.3 is 0 Å². The highest BCUT2D eigenvalue weighted by atomic mass is 16.5. The molecule has 5 heteroatoms. The SMILES string of the molecule is CN(C)CCN(C)CCOc1ccc(C(=N)N)cc1. The highest BCUT2D eigenvalue weighted by Gasteiger charge is 2.01. The Hall–Kier alpha value is -1.59. The first-order valence-electron chi connectivity index (χ1n) is 6.39. The monoisotopic (exact) mass is 264 g/mol. The fraction of sp³-hybridized carbons (Fsp3) is 0.500. The second-order valence-corrected chi connectivity index (χ2v) is 4.89. The molecule has 19 heavy (non-hydrogen) atoms. The molecule has 1 aromatic carbocycles. The molecule has 0 amide bonds. The van der Waals surface area contributed by atoms with Crippen LogP contribution in [0.2, 0.25) is 0 Å². The van der Waals surface area contributed by atoms with Crippen LogP contribution in [-0.2, 0) is 0 Å². The molecule has 0 saturated carbocycles. The summed E-state index contributed by atoms with van der Waals surface area (Å²) in [7, 11) is 6.23. The predicted molar refractivity (Wildman–Crippen MR) is 79.0 cm³/mol. The zero-order valence-corrected chi connectivity index (χ0v) is 12.0. The van der Waals surface area contributed by atoms with E-state index >= 15 is 0 Å². The maximum absolute atomic E-state index is 7.31. The molecule has 0 atom stereocenters. The molecule has 0 heterocycles. The van der Waals surface area contributed by atoms with Crippen molar-refractivity contribution in [2.45, 2.75) is 0 Å². The van der Waals surface area contributed by atoms with Gasteiger partial charge in [0.25, 0.3) is 0 Å². The summed E-state index contributed by atoms with van der Waals surface area (Å²) in [6.45, 7) is 3.62. The minimum Gasteiger partial charge on any atom is -0.492 e. The lowest BCUT2D eigenvalue weighted by Crippen LogP contribution is -2.31. The Morgan fingerprint density at radius 1 is 1.11 bits per heavy atom. The maximum atomic E-state index is 7.31. The van der Waals surface area contributed by atoms with Crippen LogP contribution in [-0.4, -0.2) is 63.0 Å². The number of nitrogens with one attached hydrogen (secondary N) is 1. The second kappa shape index (κ2) is 7.76. The lowest BCUT2D eigenvalue weighted by atomic mass is 10.2. The molecule has 0 aliphatic rings. The topological polar surface area (TPSA) is 65.6 Å². The van der Waals surface area contributed by atoms with Crippen molar-refractivity contribution >= 4 is 5.84 Å². The highest BCUT2D eigenvalue weighted by molar-refractivity contribution is 5.94. The van der Waals surface area contributed by atoms with E-state index in [9.17, 15) is 0 Å². The Labute approximate surface area is 115 Å². The van der Waals surface area contributed by atoms with E-state index in [2.05, 4.69) is 30.9 Å². The average Bonchev–Trinajstić information content (AvgIpc) is 2.37. The van der Waals surface area contributed by atoms with Gasteiger partial charge in [0.05, 0.1) is 0 Å². The van der Waals surface area contributed by atoms with Gasteiger partial charge in [0.15, 0.2) is 0 Å². The summed E-state index contributed by atoms with van der Waals surface area (Å²) in [6.07, 6.45) is 0. The average molecular weight is 264 g/mol. The van der Waals surface area contributed by atoms with Crippen LogP contribution in [0.5, 0.6) is 5.75 Å². The van der Waals surface area contributed by atoms with E-state index < -0.39 is 0 Å². The van der Waals surface area contributed by atoms with E-state index in [1.807, 2.05) is 12.1 Å². The van der Waals surface area contributed by atoms with Gasteiger partial charge in [-0.2, -0.15) is 0 Å². The first-order valence-corrected chi connectivity index (χ1v) is 6.39. The fourth-order valence-corrected chi connectivity index (χ4v) is 1.53. The number of rotatable bonds is 8. The molecule has 0 bridgehead atoms. The fourth-order valence-electron chi connectivity index (χ4n) is 1.53. The summed E-state index contributed by atoms with van der Waals surface area (Å²) in [5, 5.41) is 7.31. The molecule has 0 aliphatic carbocycles. The minimum absolute atomic E-state index is 0.0787. The van der Waals surface area contributed by atoms with Crippen LogP contribution >= 0.6 is 0 Å². The first kappa shape index (κ1) is 15.5. The lowest BCUT2D eigenvalue weighted by Gasteiger charge is -2.19. The molecule has 3 N–H and O–H groups in total. The first-order chi connectivity index (χ1) is 8.99. The molecule has 0 radical (unpaired) electrons. The lowest BCUT2D eigenvalue weighted by molar-refractivity contribution is 0.222. The Bertz CT molecular complexity index is 389. The number of hydrogen-bond acceptors (Lipinski definition) is 4. The third-order valence-electron chi connectivity index (χ3n) is 2.84. The van der Waals surface area contributed by atoms with Gasteiger partial charge in [-0.15, -0.1) is 0 Å². The van der Waals surface area contributed by atoms with Gasteiger partial charge in [-0.1, -0.05) is 0 Å². The second-order valence-electron chi connectivity index (χ2n) is 4.89. The number of nitrogen functional groups attached to an aromatic ring is 1. The van der Waals surface area contributed by atoms with Gasteiger partial charge in [0, 0.05) is 25.2 Å². The largest absolute Gasteiger partial charge is 0.492 e. The molecular formula is C14H24N4O. The van der Waals surface area contributed by atoms with Gasteiger partial charge in [0.2, 0.25) is 0 Å². The highest BCUT2D eigenvalue weighted by Crippen LogP contribution is 2.11. The van der Waals surface area contributed by atoms with Gasteiger partial charge in [-0.05, 0) is 45.4 Å². The van der Waals surface area contributed by atoms with E-state index in [4.69, 9.17) is 15.9 Å². The summed E-state index contributed by atoms with van der Waals surface area (Å²) in [6, 6.07) is 7.29. The normalized spacial score (nSPS) is 11.0. The predicted octanol–water partition coefficient (Wildman–Crippen LogP) is 0.843. The van der Waals surface area contributed by atoms with Gasteiger partial charge in [-0.3, -0.25) is 5.41 Å². The summed E-state index contributed by atoms with van der Waals surface area (Å²) >= 11 is 0. The quantitative estimate of drug-likeness (QED) is 0.539. The third-order valence-corrected chi connectivity index (χ3v) is 2.84. The van der Waals surface area contributed by atoms with E-state index in [0.29, 0.717) is 6.61 Å². The number of nitrogens with zero attached hydrogens (tertiary/aromatic N) is 2. The molecule has 1 rings (SSSR count). The van der Waals surface area contributed by atoms with Crippen LogP contribution in [0.15, 0.2) is 24.3 Å². The molecule has 0 fully saturated rings. The number of amidine groups is 1. The van der Waals surface area contributed by atoms with Crippen LogP contribution in [0.25, 0.3) is 0 Å². The van der Waals surface area contributed by atoms with Crippen molar-refractivity contribution in [3.8, 4) is 5.75 Å². The van der Waals surface area contributed by atoms with Crippen LogP contribution in [0.3, 0.4) is 0 Å². The molecule has 1 aromatic rings. The summed E-state index contributed by atoms with van der Waals surface area (Å²) in [4.78, 5) is 4.40. The Morgan fingerprint density at radius 3 is 2.26 bits per heavy atom. The molecule has 0 spiro atoms. The number of likely N-dealkylation sites (N-methyl/N-ethyl adjacent to an activating group) is 2. The third kappa shape index (κ3) is 6.22. The standard InChI is InChI=1S/C14H24N4O/c1-17(2)8-9-18(3)10-11-19-13-6-4-12(5-7-13)14(15)16/h4-7H,8-11H2,1-3H3,(H3,15,16). The Kier molecular flexibility index (Phi) is 6.32. The zero-order valence-electron chi connectivity index (χ0n) is 12.0. The zero-order chi connectivity index (χ0) is 14.3. The molecular weight excluding hydrogens is 240 g/mol. The Morgan fingerprint density at radius 2 is 1.74 bits per heavy atom. The maximum Gasteiger partial charge on any atom is 0.122 e. The van der Waals surface area contributed by atoms with Crippen LogP contribution in [0.4, 0.5) is 0 Å². The van der Waals surface area contributed by atoms with Gasteiger partial charge in [-0.25, -0.2) is 0 Å². The number of ether oxygens (including phenoxy) is 1. The van der Waals surface area contributed by atoms with Crippen molar-refractivity contribution < 1.29 is 4.74 Å². The van der Waals surface area contributed by atoms with E-state index in [-0.39, 0.29) is 5.84 Å². The number of benzene rings is 1. The summed E-state index contributed by atoms with van der Waals surface area (Å²) < 4.78 is 5.65. The van der Waals surface area contributed by atoms with Crippen LogP contribution in [0, 0.1) is 5.41 Å². The van der Waals surface area contributed by atoms with Gasteiger partial charge < -0.3 is 20.3 Å². The number of nitrogens with two attached hydrogens (primary N) is 1. The van der Waals surface area contributed by atoms with Crippen molar-refractivity contribution in [1.29, 1.82) is 5.41 Å².